The minimum absolute atomic E-state index is 0.00980. The van der Waals surface area contributed by atoms with E-state index in [0.717, 1.165) is 5.13 Å². The van der Waals surface area contributed by atoms with Crippen LogP contribution in [0.25, 0.3) is 0 Å². The number of carboxylic acids is 1. The second kappa shape index (κ2) is 5.26. The van der Waals surface area contributed by atoms with Crippen molar-refractivity contribution in [3.8, 4) is 0 Å². The summed E-state index contributed by atoms with van der Waals surface area (Å²) in [6.45, 7) is 4.63. The fourth-order valence-electron chi connectivity index (χ4n) is 2.33. The highest BCUT2D eigenvalue weighted by molar-refractivity contribution is 7.13. The van der Waals surface area contributed by atoms with Gasteiger partial charge in [-0.15, -0.1) is 11.3 Å². The maximum Gasteiger partial charge on any atom is 0.309 e. The van der Waals surface area contributed by atoms with Gasteiger partial charge >= 0.3 is 5.97 Å². The van der Waals surface area contributed by atoms with E-state index in [2.05, 4.69) is 24.1 Å². The predicted octanol–water partition coefficient (Wildman–Crippen LogP) is 3.15. The number of anilines is 1. The predicted molar refractivity (Wildman–Crippen MR) is 73.1 cm³/mol. The zero-order valence-electron chi connectivity index (χ0n) is 10.9. The van der Waals surface area contributed by atoms with Crippen molar-refractivity contribution in [2.24, 2.45) is 5.41 Å². The monoisotopic (exact) mass is 268 g/mol. The maximum absolute atomic E-state index is 10.6. The van der Waals surface area contributed by atoms with Gasteiger partial charge in [-0.05, 0) is 31.1 Å². The molecule has 1 aromatic heterocycles. The smallest absolute Gasteiger partial charge is 0.309 e. The van der Waals surface area contributed by atoms with Crippen LogP contribution in [0.1, 0.15) is 45.2 Å². The van der Waals surface area contributed by atoms with E-state index in [9.17, 15) is 4.79 Å². The van der Waals surface area contributed by atoms with E-state index in [-0.39, 0.29) is 6.42 Å². The molecule has 18 heavy (non-hydrogen) atoms. The number of aliphatic carboxylic acids is 1. The first kappa shape index (κ1) is 13.3. The molecule has 0 atom stereocenters. The third-order valence-electron chi connectivity index (χ3n) is 3.55. The summed E-state index contributed by atoms with van der Waals surface area (Å²) in [7, 11) is 0. The van der Waals surface area contributed by atoms with Crippen molar-refractivity contribution in [2.75, 3.05) is 5.32 Å². The number of hydrogen-bond acceptors (Lipinski definition) is 4. The van der Waals surface area contributed by atoms with Crippen LogP contribution in [0.5, 0.6) is 0 Å². The van der Waals surface area contributed by atoms with Gasteiger partial charge in [0.1, 0.15) is 0 Å². The van der Waals surface area contributed by atoms with Gasteiger partial charge in [-0.2, -0.15) is 0 Å². The van der Waals surface area contributed by atoms with Crippen LogP contribution in [0.4, 0.5) is 5.13 Å². The highest BCUT2D eigenvalue weighted by Crippen LogP contribution is 2.36. The molecule has 0 unspecified atom stereocenters. The molecule has 0 spiro atoms. The lowest BCUT2D eigenvalue weighted by Crippen LogP contribution is -2.29. The van der Waals surface area contributed by atoms with Crippen LogP contribution >= 0.6 is 11.3 Å². The van der Waals surface area contributed by atoms with Gasteiger partial charge in [0.05, 0.1) is 12.1 Å². The first-order valence-electron chi connectivity index (χ1n) is 6.37. The lowest BCUT2D eigenvalue weighted by atomic mass is 9.76. The second-order valence-electron chi connectivity index (χ2n) is 5.80. The summed E-state index contributed by atoms with van der Waals surface area (Å²) < 4.78 is 0. The number of carbonyl (C=O) groups is 1. The van der Waals surface area contributed by atoms with Crippen LogP contribution in [0.2, 0.25) is 0 Å². The minimum atomic E-state index is -0.828. The van der Waals surface area contributed by atoms with E-state index >= 15 is 0 Å². The Labute approximate surface area is 111 Å². The third kappa shape index (κ3) is 3.70. The zero-order valence-corrected chi connectivity index (χ0v) is 11.7. The first-order chi connectivity index (χ1) is 8.44. The Morgan fingerprint density at radius 1 is 1.56 bits per heavy atom. The molecule has 100 valence electrons. The van der Waals surface area contributed by atoms with Gasteiger partial charge in [-0.1, -0.05) is 13.8 Å². The molecule has 5 heteroatoms. The van der Waals surface area contributed by atoms with E-state index in [1.807, 2.05) is 5.38 Å². The molecule has 2 N–H and O–H groups in total. The molecule has 4 nitrogen and oxygen atoms in total. The molecule has 0 aromatic carbocycles. The van der Waals surface area contributed by atoms with E-state index in [0.29, 0.717) is 17.2 Å². The molecule has 1 aromatic rings. The Kier molecular flexibility index (Phi) is 3.90. The largest absolute Gasteiger partial charge is 0.481 e. The summed E-state index contributed by atoms with van der Waals surface area (Å²) in [5.41, 5.74) is 1.11. The van der Waals surface area contributed by atoms with Crippen molar-refractivity contribution >= 4 is 22.4 Å². The van der Waals surface area contributed by atoms with Gasteiger partial charge in [0.25, 0.3) is 0 Å². The third-order valence-corrected chi connectivity index (χ3v) is 4.37. The van der Waals surface area contributed by atoms with Crippen molar-refractivity contribution in [3.05, 3.63) is 11.1 Å². The standard InChI is InChI=1S/C13H20N2O2S/c1-13(2)5-3-9(4-6-13)14-12-15-10(8-18-12)7-11(16)17/h8-9H,3-7H2,1-2H3,(H,14,15)(H,16,17). The van der Waals surface area contributed by atoms with E-state index < -0.39 is 5.97 Å². The molecule has 0 bridgehead atoms. The number of aromatic nitrogens is 1. The molecule has 0 aliphatic heterocycles. The van der Waals surface area contributed by atoms with Crippen LogP contribution in [0.3, 0.4) is 0 Å². The summed E-state index contributed by atoms with van der Waals surface area (Å²) in [5, 5.41) is 14.8. The second-order valence-corrected chi connectivity index (χ2v) is 6.66. The summed E-state index contributed by atoms with van der Waals surface area (Å²) in [6, 6.07) is 0.488. The Hall–Kier alpha value is -1.10. The van der Waals surface area contributed by atoms with Crippen LogP contribution < -0.4 is 5.32 Å². The van der Waals surface area contributed by atoms with Crippen molar-refractivity contribution in [1.82, 2.24) is 4.98 Å². The number of thiazole rings is 1. The van der Waals surface area contributed by atoms with Gasteiger partial charge in [-0.25, -0.2) is 4.98 Å². The molecular weight excluding hydrogens is 248 g/mol. The number of carboxylic acid groups (broad SMARTS) is 1. The molecule has 1 heterocycles. The molecule has 0 radical (unpaired) electrons. The molecule has 0 amide bonds. The maximum atomic E-state index is 10.6. The number of hydrogen-bond donors (Lipinski definition) is 2. The Bertz CT molecular complexity index is 418. The fourth-order valence-corrected chi connectivity index (χ4v) is 3.12. The van der Waals surface area contributed by atoms with Crippen LogP contribution in [-0.2, 0) is 11.2 Å². The molecule has 2 rings (SSSR count). The van der Waals surface area contributed by atoms with E-state index in [4.69, 9.17) is 5.11 Å². The van der Waals surface area contributed by atoms with E-state index in [1.54, 1.807) is 0 Å². The molecule has 1 fully saturated rings. The summed E-state index contributed by atoms with van der Waals surface area (Å²) in [4.78, 5) is 14.9. The molecule has 0 saturated heterocycles. The number of nitrogens with zero attached hydrogens (tertiary/aromatic N) is 1. The van der Waals surface area contributed by atoms with Crippen molar-refractivity contribution in [2.45, 2.75) is 52.0 Å². The Morgan fingerprint density at radius 3 is 2.83 bits per heavy atom. The van der Waals surface area contributed by atoms with Gasteiger partial charge in [0, 0.05) is 11.4 Å². The number of rotatable bonds is 4. The minimum Gasteiger partial charge on any atom is -0.481 e. The lowest BCUT2D eigenvalue weighted by molar-refractivity contribution is -0.136. The summed E-state index contributed by atoms with van der Waals surface area (Å²) >= 11 is 1.50. The Morgan fingerprint density at radius 2 is 2.22 bits per heavy atom. The Balaban J connectivity index is 1.86. The normalized spacial score (nSPS) is 19.7. The summed E-state index contributed by atoms with van der Waals surface area (Å²) in [5.74, 6) is -0.828. The molecular formula is C13H20N2O2S. The van der Waals surface area contributed by atoms with E-state index in [1.165, 1.54) is 37.0 Å². The van der Waals surface area contributed by atoms with Crippen LogP contribution in [-0.4, -0.2) is 22.1 Å². The molecule has 1 aliphatic rings. The van der Waals surface area contributed by atoms with Gasteiger partial charge in [0.2, 0.25) is 0 Å². The van der Waals surface area contributed by atoms with Crippen LogP contribution in [0, 0.1) is 5.41 Å². The SMILES string of the molecule is CC1(C)CCC(Nc2nc(CC(=O)O)cs2)CC1. The number of nitrogens with one attached hydrogen (secondary N) is 1. The average Bonchev–Trinajstić information content (AvgIpc) is 2.68. The topological polar surface area (TPSA) is 62.2 Å². The lowest BCUT2D eigenvalue weighted by Gasteiger charge is -2.34. The van der Waals surface area contributed by atoms with Gasteiger partial charge in [0.15, 0.2) is 5.13 Å². The van der Waals surface area contributed by atoms with Crippen molar-refractivity contribution in [3.63, 3.8) is 0 Å². The van der Waals surface area contributed by atoms with Crippen molar-refractivity contribution in [1.29, 1.82) is 0 Å². The highest BCUT2D eigenvalue weighted by Gasteiger charge is 2.27. The van der Waals surface area contributed by atoms with Gasteiger partial charge < -0.3 is 10.4 Å². The first-order valence-corrected chi connectivity index (χ1v) is 7.25. The zero-order chi connectivity index (χ0) is 13.2. The van der Waals surface area contributed by atoms with Gasteiger partial charge in [-0.3, -0.25) is 4.79 Å². The molecule has 1 aliphatic carbocycles. The fraction of sp³-hybridized carbons (Fsp3) is 0.692. The quantitative estimate of drug-likeness (QED) is 0.880. The molecule has 1 saturated carbocycles. The average molecular weight is 268 g/mol. The summed E-state index contributed by atoms with van der Waals surface area (Å²) in [6.07, 6.45) is 4.81. The van der Waals surface area contributed by atoms with Crippen LogP contribution in [0.15, 0.2) is 5.38 Å². The van der Waals surface area contributed by atoms with Crippen molar-refractivity contribution < 1.29 is 9.90 Å². The highest BCUT2D eigenvalue weighted by atomic mass is 32.1.